The summed E-state index contributed by atoms with van der Waals surface area (Å²) in [4.78, 5) is 22.6. The van der Waals surface area contributed by atoms with Crippen LogP contribution in [-0.4, -0.2) is 35.0 Å². The van der Waals surface area contributed by atoms with Gasteiger partial charge in [0.25, 0.3) is 0 Å². The van der Waals surface area contributed by atoms with Crippen LogP contribution < -0.4 is 5.32 Å². The molecule has 1 unspecified atom stereocenters. The molecule has 0 fully saturated rings. The number of rotatable bonds is 20. The fourth-order valence-corrected chi connectivity index (χ4v) is 3.97. The zero-order chi connectivity index (χ0) is 23.4. The number of anilines is 1. The van der Waals surface area contributed by atoms with Crippen molar-refractivity contribution in [3.8, 4) is 0 Å². The van der Waals surface area contributed by atoms with Gasteiger partial charge in [0.15, 0.2) is 6.10 Å². The van der Waals surface area contributed by atoms with Crippen LogP contribution in [0, 0.1) is 0 Å². The molecule has 1 atom stereocenters. The number of carboxylic acid groups (broad SMARTS) is 1. The Bertz CT molecular complexity index is 621. The highest BCUT2D eigenvalue weighted by atomic mass is 79.9. The first-order valence-electron chi connectivity index (χ1n) is 12.4. The second-order valence-electron chi connectivity index (χ2n) is 8.53. The van der Waals surface area contributed by atoms with Crippen LogP contribution in [0.1, 0.15) is 107 Å². The number of hydrogen-bond donors (Lipinski definition) is 2. The Morgan fingerprint density at radius 1 is 0.812 bits per heavy atom. The van der Waals surface area contributed by atoms with Crippen LogP contribution in [0.3, 0.4) is 0 Å². The minimum atomic E-state index is -1.15. The normalized spacial score (nSPS) is 11.8. The fraction of sp³-hybridized carbons (Fsp3) is 0.692. The molecule has 0 saturated heterocycles. The van der Waals surface area contributed by atoms with E-state index in [1.54, 1.807) is 12.1 Å². The summed E-state index contributed by atoms with van der Waals surface area (Å²) in [5.74, 6) is -1.77. The van der Waals surface area contributed by atoms with E-state index in [9.17, 15) is 9.59 Å². The topological polar surface area (TPSA) is 75.6 Å². The van der Waals surface area contributed by atoms with Crippen LogP contribution in [0.25, 0.3) is 0 Å². The van der Waals surface area contributed by atoms with Crippen LogP contribution in [0.4, 0.5) is 5.69 Å². The molecule has 1 aromatic carbocycles. The molecule has 0 bridgehead atoms. The minimum Gasteiger partial charge on any atom is -0.479 e. The monoisotopic (exact) mass is 511 g/mol. The molecule has 6 heteroatoms. The maximum Gasteiger partial charge on any atom is 0.344 e. The number of esters is 1. The van der Waals surface area contributed by atoms with Crippen molar-refractivity contribution in [3.63, 3.8) is 0 Å². The van der Waals surface area contributed by atoms with Crippen molar-refractivity contribution >= 4 is 33.6 Å². The van der Waals surface area contributed by atoms with E-state index in [4.69, 9.17) is 9.84 Å². The Morgan fingerprint density at radius 2 is 1.25 bits per heavy atom. The van der Waals surface area contributed by atoms with E-state index in [2.05, 4.69) is 21.2 Å². The van der Waals surface area contributed by atoms with Crippen molar-refractivity contribution < 1.29 is 19.4 Å². The van der Waals surface area contributed by atoms with Gasteiger partial charge < -0.3 is 15.2 Å². The van der Waals surface area contributed by atoms with Gasteiger partial charge in [0.05, 0.1) is 5.56 Å². The smallest absolute Gasteiger partial charge is 0.344 e. The molecule has 0 spiro atoms. The summed E-state index contributed by atoms with van der Waals surface area (Å²) in [7, 11) is 0. The molecule has 0 saturated carbocycles. The first-order chi connectivity index (χ1) is 15.5. The summed E-state index contributed by atoms with van der Waals surface area (Å²) >= 11 is 3.49. The number of halogens is 1. The molecule has 0 aliphatic carbocycles. The summed E-state index contributed by atoms with van der Waals surface area (Å²) in [6.07, 6.45) is 17.7. The van der Waals surface area contributed by atoms with Crippen molar-refractivity contribution in [2.45, 2.75) is 103 Å². The van der Waals surface area contributed by atoms with Gasteiger partial charge in [-0.05, 0) is 44.0 Å². The zero-order valence-electron chi connectivity index (χ0n) is 19.8. The Balaban J connectivity index is 1.95. The van der Waals surface area contributed by atoms with Gasteiger partial charge in [-0.1, -0.05) is 93.0 Å². The van der Waals surface area contributed by atoms with E-state index in [-0.39, 0.29) is 0 Å². The van der Waals surface area contributed by atoms with E-state index in [1.807, 2.05) is 12.1 Å². The molecule has 0 aliphatic rings. The summed E-state index contributed by atoms with van der Waals surface area (Å²) < 4.78 is 4.87. The molecular formula is C26H42BrNO4. The molecule has 0 aromatic heterocycles. The molecule has 0 amide bonds. The molecule has 1 aromatic rings. The quantitative estimate of drug-likeness (QED) is 0.107. The maximum absolute atomic E-state index is 11.9. The van der Waals surface area contributed by atoms with Crippen LogP contribution in [-0.2, 0) is 9.53 Å². The van der Waals surface area contributed by atoms with Crippen molar-refractivity contribution in [2.24, 2.45) is 0 Å². The van der Waals surface area contributed by atoms with Crippen molar-refractivity contribution in [3.05, 3.63) is 29.8 Å². The second kappa shape index (κ2) is 19.0. The number of benzene rings is 1. The standard InChI is InChI=1S/C26H42BrNO4/c1-22(25(29)30)32-26(31)23-16-18-24(19-17-23)28-21-15-13-11-9-7-5-3-2-4-6-8-10-12-14-20-27/h16-19,22,28H,2-15,20-21H2,1H3,(H,29,30). The van der Waals surface area contributed by atoms with Crippen molar-refractivity contribution in [1.82, 2.24) is 0 Å². The van der Waals surface area contributed by atoms with Gasteiger partial charge in [-0.15, -0.1) is 0 Å². The number of carbonyl (C=O) groups excluding carboxylic acids is 1. The molecule has 0 radical (unpaired) electrons. The van der Waals surface area contributed by atoms with E-state index in [0.717, 1.165) is 24.0 Å². The van der Waals surface area contributed by atoms with Gasteiger partial charge in [0.1, 0.15) is 0 Å². The molecule has 2 N–H and O–H groups in total. The average molecular weight is 513 g/mol. The highest BCUT2D eigenvalue weighted by Gasteiger charge is 2.17. The summed E-state index contributed by atoms with van der Waals surface area (Å²) in [6, 6.07) is 6.96. The number of hydrogen-bond acceptors (Lipinski definition) is 4. The SMILES string of the molecule is CC(OC(=O)c1ccc(NCCCCCCCCCCCCCCCCBr)cc1)C(=O)O. The zero-order valence-corrected chi connectivity index (χ0v) is 21.3. The van der Waals surface area contributed by atoms with Gasteiger partial charge in [-0.25, -0.2) is 9.59 Å². The third-order valence-electron chi connectivity index (χ3n) is 5.64. The lowest BCUT2D eigenvalue weighted by molar-refractivity contribution is -0.146. The Morgan fingerprint density at radius 3 is 1.69 bits per heavy atom. The lowest BCUT2D eigenvalue weighted by Gasteiger charge is -2.10. The highest BCUT2D eigenvalue weighted by molar-refractivity contribution is 9.09. The van der Waals surface area contributed by atoms with Gasteiger partial charge in [0.2, 0.25) is 0 Å². The fourth-order valence-electron chi connectivity index (χ4n) is 3.58. The average Bonchev–Trinajstić information content (AvgIpc) is 2.79. The Labute approximate surface area is 202 Å². The molecule has 0 heterocycles. The van der Waals surface area contributed by atoms with E-state index in [0.29, 0.717) is 5.56 Å². The summed E-state index contributed by atoms with van der Waals surface area (Å²) in [6.45, 7) is 2.25. The molecular weight excluding hydrogens is 470 g/mol. The number of unbranched alkanes of at least 4 members (excludes halogenated alkanes) is 13. The lowest BCUT2D eigenvalue weighted by atomic mass is 10.0. The number of alkyl halides is 1. The molecule has 182 valence electrons. The first kappa shape index (κ1) is 28.5. The third kappa shape index (κ3) is 14.5. The summed E-state index contributed by atoms with van der Waals surface area (Å²) in [5.41, 5.74) is 1.31. The molecule has 32 heavy (non-hydrogen) atoms. The van der Waals surface area contributed by atoms with Crippen LogP contribution in [0.15, 0.2) is 24.3 Å². The van der Waals surface area contributed by atoms with Crippen LogP contribution >= 0.6 is 15.9 Å². The van der Waals surface area contributed by atoms with Gasteiger partial charge in [0, 0.05) is 17.6 Å². The second-order valence-corrected chi connectivity index (χ2v) is 9.32. The third-order valence-corrected chi connectivity index (χ3v) is 6.20. The van der Waals surface area contributed by atoms with Crippen LogP contribution in [0.5, 0.6) is 0 Å². The largest absolute Gasteiger partial charge is 0.479 e. The van der Waals surface area contributed by atoms with E-state index in [1.165, 1.54) is 90.4 Å². The molecule has 1 rings (SSSR count). The Kier molecular flexibility index (Phi) is 16.9. The van der Waals surface area contributed by atoms with Crippen molar-refractivity contribution in [2.75, 3.05) is 17.2 Å². The predicted molar refractivity (Wildman–Crippen MR) is 136 cm³/mol. The number of carboxylic acids is 1. The van der Waals surface area contributed by atoms with E-state index < -0.39 is 18.0 Å². The summed E-state index contributed by atoms with van der Waals surface area (Å²) in [5, 5.41) is 13.3. The highest BCUT2D eigenvalue weighted by Crippen LogP contribution is 2.14. The number of ether oxygens (including phenoxy) is 1. The number of carbonyl (C=O) groups is 2. The lowest BCUT2D eigenvalue weighted by Crippen LogP contribution is -2.23. The minimum absolute atomic E-state index is 0.356. The molecule has 0 aliphatic heterocycles. The number of aliphatic carboxylic acids is 1. The first-order valence-corrected chi connectivity index (χ1v) is 13.5. The van der Waals surface area contributed by atoms with Crippen LogP contribution in [0.2, 0.25) is 0 Å². The predicted octanol–water partition coefficient (Wildman–Crippen LogP) is 7.58. The maximum atomic E-state index is 11.9. The van der Waals surface area contributed by atoms with E-state index >= 15 is 0 Å². The Hall–Kier alpha value is -1.56. The molecule has 5 nitrogen and oxygen atoms in total. The van der Waals surface area contributed by atoms with Crippen molar-refractivity contribution in [1.29, 1.82) is 0 Å². The van der Waals surface area contributed by atoms with Gasteiger partial charge in [-0.3, -0.25) is 0 Å². The number of nitrogens with one attached hydrogen (secondary N) is 1. The van der Waals surface area contributed by atoms with Gasteiger partial charge in [-0.2, -0.15) is 0 Å². The van der Waals surface area contributed by atoms with Gasteiger partial charge >= 0.3 is 11.9 Å².